The number of carbonyl (C=O) groups excluding carboxylic acids is 1. The van der Waals surface area contributed by atoms with Gasteiger partial charge in [-0.3, -0.25) is 4.79 Å². The highest BCUT2D eigenvalue weighted by Crippen LogP contribution is 2.42. The summed E-state index contributed by atoms with van der Waals surface area (Å²) >= 11 is 7.46. The number of rotatable bonds is 4. The third kappa shape index (κ3) is 3.68. The minimum atomic E-state index is -0.0891. The number of thiophene rings is 1. The fourth-order valence-electron chi connectivity index (χ4n) is 3.74. The monoisotopic (exact) mass is 454 g/mol. The van der Waals surface area contributed by atoms with Gasteiger partial charge >= 0.3 is 0 Å². The second-order valence-electron chi connectivity index (χ2n) is 7.65. The fraction of sp³-hybridized carbons (Fsp3) is 0.0370. The van der Waals surface area contributed by atoms with Crippen LogP contribution in [0.2, 0.25) is 5.02 Å². The van der Waals surface area contributed by atoms with Crippen molar-refractivity contribution in [3.8, 4) is 22.4 Å². The third-order valence-electron chi connectivity index (χ3n) is 5.44. The number of benzene rings is 3. The van der Waals surface area contributed by atoms with Crippen LogP contribution < -0.4 is 5.73 Å². The maximum Gasteiger partial charge on any atom is 0.205 e. The first kappa shape index (κ1) is 20.4. The van der Waals surface area contributed by atoms with Crippen LogP contribution in [0.5, 0.6) is 0 Å². The molecule has 0 amide bonds. The van der Waals surface area contributed by atoms with E-state index in [1.165, 1.54) is 11.3 Å². The van der Waals surface area contributed by atoms with Crippen molar-refractivity contribution in [2.75, 3.05) is 5.73 Å². The molecular weight excluding hydrogens is 436 g/mol. The van der Waals surface area contributed by atoms with E-state index < -0.39 is 0 Å². The number of halogens is 1. The zero-order valence-electron chi connectivity index (χ0n) is 17.3. The molecule has 3 aromatic carbocycles. The summed E-state index contributed by atoms with van der Waals surface area (Å²) in [7, 11) is 0. The van der Waals surface area contributed by atoms with Gasteiger partial charge in [-0.2, -0.15) is 0 Å². The van der Waals surface area contributed by atoms with Crippen molar-refractivity contribution in [2.24, 2.45) is 0 Å². The molecule has 3 nitrogen and oxygen atoms in total. The molecule has 156 valence electrons. The minimum Gasteiger partial charge on any atom is -0.397 e. The van der Waals surface area contributed by atoms with Gasteiger partial charge in [-0.1, -0.05) is 83.9 Å². The normalized spacial score (nSPS) is 11.1. The van der Waals surface area contributed by atoms with Crippen LogP contribution in [0.3, 0.4) is 0 Å². The van der Waals surface area contributed by atoms with E-state index in [9.17, 15) is 4.79 Å². The van der Waals surface area contributed by atoms with E-state index in [2.05, 4.69) is 0 Å². The molecule has 0 fully saturated rings. The average molecular weight is 455 g/mol. The van der Waals surface area contributed by atoms with E-state index in [1.807, 2.05) is 91.9 Å². The predicted molar refractivity (Wildman–Crippen MR) is 135 cm³/mol. The quantitative estimate of drug-likeness (QED) is 0.288. The van der Waals surface area contributed by atoms with Gasteiger partial charge in [0.2, 0.25) is 5.78 Å². The van der Waals surface area contributed by atoms with Gasteiger partial charge in [0.25, 0.3) is 0 Å². The number of carbonyl (C=O) groups is 1. The SMILES string of the molecule is Cc1ccc(C(=O)c2sc3nc(-c4ccccc4)cc(-c4ccc(Cl)cc4)c3c2N)cc1. The first-order valence-electron chi connectivity index (χ1n) is 10.2. The molecule has 32 heavy (non-hydrogen) atoms. The van der Waals surface area contributed by atoms with Crippen molar-refractivity contribution in [1.29, 1.82) is 0 Å². The smallest absolute Gasteiger partial charge is 0.205 e. The molecule has 0 saturated heterocycles. The number of aryl methyl sites for hydroxylation is 1. The van der Waals surface area contributed by atoms with E-state index in [4.69, 9.17) is 22.3 Å². The highest BCUT2D eigenvalue weighted by Gasteiger charge is 2.22. The van der Waals surface area contributed by atoms with Crippen LogP contribution in [0, 0.1) is 6.92 Å². The molecule has 0 spiro atoms. The molecule has 2 N–H and O–H groups in total. The number of nitrogens with zero attached hydrogens (tertiary/aromatic N) is 1. The Morgan fingerprint density at radius 1 is 0.906 bits per heavy atom. The molecule has 5 aromatic rings. The van der Waals surface area contributed by atoms with Gasteiger partial charge < -0.3 is 5.73 Å². The Balaban J connectivity index is 1.75. The van der Waals surface area contributed by atoms with Crippen LogP contribution in [-0.2, 0) is 0 Å². The first-order chi connectivity index (χ1) is 15.5. The third-order valence-corrected chi connectivity index (χ3v) is 6.79. The topological polar surface area (TPSA) is 56.0 Å². The lowest BCUT2D eigenvalue weighted by atomic mass is 9.99. The van der Waals surface area contributed by atoms with Crippen LogP contribution in [0.25, 0.3) is 32.6 Å². The molecule has 2 heterocycles. The van der Waals surface area contributed by atoms with E-state index in [0.717, 1.165) is 38.2 Å². The lowest BCUT2D eigenvalue weighted by Gasteiger charge is -2.09. The highest BCUT2D eigenvalue weighted by atomic mass is 35.5. The van der Waals surface area contributed by atoms with Gasteiger partial charge in [-0.05, 0) is 36.2 Å². The van der Waals surface area contributed by atoms with E-state index in [0.29, 0.717) is 21.2 Å². The number of aromatic nitrogens is 1. The maximum atomic E-state index is 13.3. The summed E-state index contributed by atoms with van der Waals surface area (Å²) in [5, 5.41) is 1.46. The predicted octanol–water partition coefficient (Wildman–Crippen LogP) is 7.41. The number of ketones is 1. The Morgan fingerprint density at radius 2 is 1.59 bits per heavy atom. The molecule has 0 bridgehead atoms. The average Bonchev–Trinajstić information content (AvgIpc) is 3.16. The number of hydrogen-bond donors (Lipinski definition) is 1. The van der Waals surface area contributed by atoms with Crippen LogP contribution in [0.4, 0.5) is 5.69 Å². The molecule has 0 radical (unpaired) electrons. The van der Waals surface area contributed by atoms with E-state index in [-0.39, 0.29) is 5.78 Å². The summed E-state index contributed by atoms with van der Waals surface area (Å²) < 4.78 is 0. The summed E-state index contributed by atoms with van der Waals surface area (Å²) in [6.07, 6.45) is 0. The van der Waals surface area contributed by atoms with Crippen LogP contribution in [0.15, 0.2) is 84.9 Å². The van der Waals surface area contributed by atoms with Crippen molar-refractivity contribution >= 4 is 44.6 Å². The van der Waals surface area contributed by atoms with Crippen molar-refractivity contribution in [2.45, 2.75) is 6.92 Å². The number of nitrogens with two attached hydrogens (primary N) is 1. The van der Waals surface area contributed by atoms with Crippen molar-refractivity contribution < 1.29 is 4.79 Å². The van der Waals surface area contributed by atoms with Gasteiger partial charge in [0.05, 0.1) is 11.4 Å². The largest absolute Gasteiger partial charge is 0.397 e. The molecule has 0 aliphatic carbocycles. The van der Waals surface area contributed by atoms with Crippen molar-refractivity contribution in [1.82, 2.24) is 4.98 Å². The molecular formula is C27H19ClN2OS. The van der Waals surface area contributed by atoms with Gasteiger partial charge in [0, 0.05) is 21.5 Å². The minimum absolute atomic E-state index is 0.0891. The lowest BCUT2D eigenvalue weighted by Crippen LogP contribution is -2.02. The molecule has 5 heteroatoms. The second kappa shape index (κ2) is 8.23. The summed E-state index contributed by atoms with van der Waals surface area (Å²) in [5.41, 5.74) is 12.5. The summed E-state index contributed by atoms with van der Waals surface area (Å²) in [4.78, 5) is 19.4. The molecule has 0 saturated carbocycles. The second-order valence-corrected chi connectivity index (χ2v) is 9.08. The maximum absolute atomic E-state index is 13.3. The van der Waals surface area contributed by atoms with Crippen molar-refractivity contribution in [3.63, 3.8) is 0 Å². The van der Waals surface area contributed by atoms with Crippen LogP contribution in [-0.4, -0.2) is 10.8 Å². The number of fused-ring (bicyclic) bond motifs is 1. The molecule has 0 aliphatic heterocycles. The van der Waals surface area contributed by atoms with Gasteiger partial charge in [0.15, 0.2) is 0 Å². The number of pyridine rings is 1. The molecule has 2 aromatic heterocycles. The van der Waals surface area contributed by atoms with Crippen molar-refractivity contribution in [3.05, 3.63) is 106 Å². The van der Waals surface area contributed by atoms with Gasteiger partial charge in [0.1, 0.15) is 9.71 Å². The standard InChI is InChI=1S/C27H19ClN2OS/c1-16-7-9-19(10-8-16)25(31)26-24(29)23-21(17-11-13-20(28)14-12-17)15-22(30-27(23)32-26)18-5-3-2-4-6-18/h2-15H,29H2,1H3. The summed E-state index contributed by atoms with van der Waals surface area (Å²) in [5.74, 6) is -0.0891. The molecule has 0 unspecified atom stereocenters. The number of hydrogen-bond acceptors (Lipinski definition) is 4. The summed E-state index contributed by atoms with van der Waals surface area (Å²) in [6, 6.07) is 27.2. The summed E-state index contributed by atoms with van der Waals surface area (Å²) in [6.45, 7) is 2.00. The highest BCUT2D eigenvalue weighted by molar-refractivity contribution is 7.21. The van der Waals surface area contributed by atoms with Gasteiger partial charge in [-0.25, -0.2) is 4.98 Å². The molecule has 0 aliphatic rings. The Bertz CT molecular complexity index is 1440. The van der Waals surface area contributed by atoms with Crippen LogP contribution >= 0.6 is 22.9 Å². The molecule has 5 rings (SSSR count). The van der Waals surface area contributed by atoms with Gasteiger partial charge in [-0.15, -0.1) is 11.3 Å². The van der Waals surface area contributed by atoms with E-state index >= 15 is 0 Å². The Kier molecular flexibility index (Phi) is 5.25. The fourth-order valence-corrected chi connectivity index (χ4v) is 4.95. The molecule has 0 atom stereocenters. The van der Waals surface area contributed by atoms with E-state index in [1.54, 1.807) is 0 Å². The Labute approximate surface area is 195 Å². The Morgan fingerprint density at radius 3 is 2.28 bits per heavy atom. The number of nitrogen functional groups attached to an aromatic ring is 1. The zero-order valence-corrected chi connectivity index (χ0v) is 18.9. The lowest BCUT2D eigenvalue weighted by molar-refractivity contribution is 0.104. The first-order valence-corrected chi connectivity index (χ1v) is 11.4. The number of anilines is 1. The van der Waals surface area contributed by atoms with Crippen LogP contribution in [0.1, 0.15) is 20.8 Å². The Hall–Kier alpha value is -3.47. The zero-order chi connectivity index (χ0) is 22.2.